The molecule has 0 N–H and O–H groups in total. The Morgan fingerprint density at radius 2 is 1.70 bits per heavy atom. The van der Waals surface area contributed by atoms with Gasteiger partial charge in [-0.25, -0.2) is 8.42 Å². The number of benzene rings is 1. The molecule has 4 nitrogen and oxygen atoms in total. The zero-order chi connectivity index (χ0) is 14.8. The molecule has 1 fully saturated rings. The van der Waals surface area contributed by atoms with Gasteiger partial charge in [-0.2, -0.15) is 0 Å². The maximum atomic E-state index is 12.2. The minimum atomic E-state index is -3.54. The number of piperidine rings is 1. The van der Waals surface area contributed by atoms with Gasteiger partial charge < -0.3 is 4.90 Å². The topological polar surface area (TPSA) is 54.5 Å². The van der Waals surface area contributed by atoms with Crippen molar-refractivity contribution in [1.82, 2.24) is 4.90 Å². The van der Waals surface area contributed by atoms with Crippen LogP contribution in [0, 0.1) is 11.8 Å². The molecule has 2 atom stereocenters. The van der Waals surface area contributed by atoms with E-state index in [4.69, 9.17) is 0 Å². The fraction of sp³-hybridized carbons (Fsp3) is 0.533. The van der Waals surface area contributed by atoms with E-state index in [1.807, 2.05) is 0 Å². The molecular formula is C15H21NO3S. The minimum Gasteiger partial charge on any atom is -0.341 e. The first-order valence-electron chi connectivity index (χ1n) is 6.94. The molecule has 1 heterocycles. The zero-order valence-electron chi connectivity index (χ0n) is 12.0. The van der Waals surface area contributed by atoms with Crippen molar-refractivity contribution < 1.29 is 13.2 Å². The quantitative estimate of drug-likeness (QED) is 0.856. The fourth-order valence-corrected chi connectivity index (χ4v) is 4.08. The van der Waals surface area contributed by atoms with Crippen LogP contribution in [0.1, 0.15) is 20.3 Å². The van der Waals surface area contributed by atoms with E-state index in [0.29, 0.717) is 24.9 Å². The number of carbonyl (C=O) groups excluding carboxylic acids is 1. The number of nitrogens with zero attached hydrogens (tertiary/aromatic N) is 1. The van der Waals surface area contributed by atoms with Gasteiger partial charge in [0.05, 0.1) is 4.90 Å². The standard InChI is InChI=1S/C15H21NO3S/c1-12-8-13(2)10-16(9-12)15(17)11-20(18,19)14-6-4-3-5-7-14/h3-7,12-13H,8-11H2,1-2H3. The second-order valence-corrected chi connectivity index (χ2v) is 7.81. The Balaban J connectivity index is 2.08. The monoisotopic (exact) mass is 295 g/mol. The van der Waals surface area contributed by atoms with Crippen LogP contribution < -0.4 is 0 Å². The molecule has 0 aliphatic carbocycles. The van der Waals surface area contributed by atoms with Gasteiger partial charge in [-0.1, -0.05) is 32.0 Å². The van der Waals surface area contributed by atoms with Gasteiger partial charge in [0, 0.05) is 13.1 Å². The lowest BCUT2D eigenvalue weighted by Gasteiger charge is -2.35. The summed E-state index contributed by atoms with van der Waals surface area (Å²) < 4.78 is 24.4. The second-order valence-electron chi connectivity index (χ2n) is 5.82. The van der Waals surface area contributed by atoms with Crippen LogP contribution in [0.3, 0.4) is 0 Å². The molecule has 1 aliphatic rings. The molecule has 1 aromatic rings. The highest BCUT2D eigenvalue weighted by Crippen LogP contribution is 2.21. The lowest BCUT2D eigenvalue weighted by molar-refractivity contribution is -0.131. The lowest BCUT2D eigenvalue weighted by Crippen LogP contribution is -2.44. The summed E-state index contributed by atoms with van der Waals surface area (Å²) in [5.41, 5.74) is 0. The third-order valence-electron chi connectivity index (χ3n) is 3.64. The van der Waals surface area contributed by atoms with Gasteiger partial charge in [0.25, 0.3) is 0 Å². The number of hydrogen-bond acceptors (Lipinski definition) is 3. The summed E-state index contributed by atoms with van der Waals surface area (Å²) in [6.45, 7) is 5.52. The molecule has 0 bridgehead atoms. The van der Waals surface area contributed by atoms with Crippen molar-refractivity contribution in [2.24, 2.45) is 11.8 Å². The van der Waals surface area contributed by atoms with Crippen molar-refractivity contribution in [2.45, 2.75) is 25.2 Å². The van der Waals surface area contributed by atoms with E-state index in [2.05, 4.69) is 13.8 Å². The summed E-state index contributed by atoms with van der Waals surface area (Å²) in [5.74, 6) is 0.146. The Kier molecular flexibility index (Phi) is 4.48. The maximum Gasteiger partial charge on any atom is 0.238 e. The van der Waals surface area contributed by atoms with Crippen LogP contribution >= 0.6 is 0 Å². The average Bonchev–Trinajstić information content (AvgIpc) is 2.38. The summed E-state index contributed by atoms with van der Waals surface area (Å²) >= 11 is 0. The molecule has 0 radical (unpaired) electrons. The van der Waals surface area contributed by atoms with Gasteiger partial charge >= 0.3 is 0 Å². The van der Waals surface area contributed by atoms with E-state index in [0.717, 1.165) is 6.42 Å². The Morgan fingerprint density at radius 3 is 2.25 bits per heavy atom. The number of rotatable bonds is 3. The Hall–Kier alpha value is -1.36. The molecular weight excluding hydrogens is 274 g/mol. The number of likely N-dealkylation sites (tertiary alicyclic amines) is 1. The van der Waals surface area contributed by atoms with E-state index in [1.54, 1.807) is 23.1 Å². The number of carbonyl (C=O) groups is 1. The summed E-state index contributed by atoms with van der Waals surface area (Å²) in [5, 5.41) is 0. The Bertz CT molecular complexity index is 558. The van der Waals surface area contributed by atoms with E-state index >= 15 is 0 Å². The van der Waals surface area contributed by atoms with E-state index in [-0.39, 0.29) is 10.8 Å². The lowest BCUT2D eigenvalue weighted by atomic mass is 9.92. The SMILES string of the molecule is CC1CC(C)CN(C(=O)CS(=O)(=O)c2ccccc2)C1. The number of amides is 1. The molecule has 0 spiro atoms. The van der Waals surface area contributed by atoms with E-state index in [1.165, 1.54) is 12.1 Å². The first kappa shape index (κ1) is 15.0. The van der Waals surface area contributed by atoms with Crippen LogP contribution in [0.5, 0.6) is 0 Å². The Labute approximate surface area is 120 Å². The first-order valence-corrected chi connectivity index (χ1v) is 8.59. The van der Waals surface area contributed by atoms with Crippen LogP contribution in [0.4, 0.5) is 0 Å². The highest BCUT2D eigenvalue weighted by atomic mass is 32.2. The second kappa shape index (κ2) is 5.95. The summed E-state index contributed by atoms with van der Waals surface area (Å²) in [4.78, 5) is 14.1. The predicted octanol–water partition coefficient (Wildman–Crippen LogP) is 1.96. The molecule has 2 rings (SSSR count). The molecule has 20 heavy (non-hydrogen) atoms. The van der Waals surface area contributed by atoms with Gasteiger partial charge in [-0.3, -0.25) is 4.79 Å². The van der Waals surface area contributed by atoms with Crippen LogP contribution in [-0.2, 0) is 14.6 Å². The van der Waals surface area contributed by atoms with E-state index < -0.39 is 15.6 Å². The summed E-state index contributed by atoms with van der Waals surface area (Å²) in [7, 11) is -3.54. The summed E-state index contributed by atoms with van der Waals surface area (Å²) in [6, 6.07) is 8.16. The van der Waals surface area contributed by atoms with Crippen LogP contribution in [0.15, 0.2) is 35.2 Å². The normalized spacial score (nSPS) is 23.6. The van der Waals surface area contributed by atoms with Gasteiger partial charge in [-0.05, 0) is 30.4 Å². The molecule has 1 amide bonds. The number of hydrogen-bond donors (Lipinski definition) is 0. The predicted molar refractivity (Wildman–Crippen MR) is 78.0 cm³/mol. The van der Waals surface area contributed by atoms with Crippen molar-refractivity contribution in [3.8, 4) is 0 Å². The average molecular weight is 295 g/mol. The molecule has 0 aromatic heterocycles. The smallest absolute Gasteiger partial charge is 0.238 e. The van der Waals surface area contributed by atoms with E-state index in [9.17, 15) is 13.2 Å². The zero-order valence-corrected chi connectivity index (χ0v) is 12.8. The third-order valence-corrected chi connectivity index (χ3v) is 5.25. The molecule has 5 heteroatoms. The molecule has 1 aliphatic heterocycles. The maximum absolute atomic E-state index is 12.2. The molecule has 0 saturated carbocycles. The van der Waals surface area contributed by atoms with Crippen molar-refractivity contribution in [2.75, 3.05) is 18.8 Å². The van der Waals surface area contributed by atoms with Crippen LogP contribution in [0.2, 0.25) is 0 Å². The highest BCUT2D eigenvalue weighted by Gasteiger charge is 2.28. The largest absolute Gasteiger partial charge is 0.341 e. The van der Waals surface area contributed by atoms with Gasteiger partial charge in [0.15, 0.2) is 9.84 Å². The molecule has 1 aromatic carbocycles. The van der Waals surface area contributed by atoms with Gasteiger partial charge in [0.2, 0.25) is 5.91 Å². The minimum absolute atomic E-state index is 0.214. The van der Waals surface area contributed by atoms with Crippen LogP contribution in [-0.4, -0.2) is 38.1 Å². The summed E-state index contributed by atoms with van der Waals surface area (Å²) in [6.07, 6.45) is 1.09. The highest BCUT2D eigenvalue weighted by molar-refractivity contribution is 7.92. The van der Waals surface area contributed by atoms with Crippen molar-refractivity contribution >= 4 is 15.7 Å². The fourth-order valence-electron chi connectivity index (χ4n) is 2.83. The van der Waals surface area contributed by atoms with Gasteiger partial charge in [-0.15, -0.1) is 0 Å². The Morgan fingerprint density at radius 1 is 1.15 bits per heavy atom. The van der Waals surface area contributed by atoms with Gasteiger partial charge in [0.1, 0.15) is 5.75 Å². The molecule has 1 saturated heterocycles. The third kappa shape index (κ3) is 3.60. The molecule has 110 valence electrons. The molecule has 2 unspecified atom stereocenters. The number of sulfone groups is 1. The van der Waals surface area contributed by atoms with Crippen molar-refractivity contribution in [1.29, 1.82) is 0 Å². The first-order chi connectivity index (χ1) is 9.38. The van der Waals surface area contributed by atoms with Crippen molar-refractivity contribution in [3.63, 3.8) is 0 Å². The van der Waals surface area contributed by atoms with Crippen molar-refractivity contribution in [3.05, 3.63) is 30.3 Å². The van der Waals surface area contributed by atoms with Crippen LogP contribution in [0.25, 0.3) is 0 Å².